The zero-order valence-corrected chi connectivity index (χ0v) is 17.3. The molecule has 2 aliphatic rings. The van der Waals surface area contributed by atoms with Crippen LogP contribution in [0.5, 0.6) is 0 Å². The first-order valence-corrected chi connectivity index (χ1v) is 11.6. The second-order valence-electron chi connectivity index (χ2n) is 8.18. The van der Waals surface area contributed by atoms with Crippen molar-refractivity contribution in [3.05, 3.63) is 46.4 Å². The average Bonchev–Trinajstić information content (AvgIpc) is 3.44. The van der Waals surface area contributed by atoms with E-state index in [4.69, 9.17) is 5.10 Å². The highest BCUT2D eigenvalue weighted by Crippen LogP contribution is 2.60. The molecule has 0 bridgehead atoms. The Morgan fingerprint density at radius 1 is 1.40 bits per heavy atom. The van der Waals surface area contributed by atoms with Gasteiger partial charge in [0.2, 0.25) is 0 Å². The largest absolute Gasteiger partial charge is 0.338 e. The first-order valence-electron chi connectivity index (χ1n) is 10.0. The number of nitrogens with zero attached hydrogens (tertiary/aromatic N) is 3. The van der Waals surface area contributed by atoms with Gasteiger partial charge in [0.25, 0.3) is 5.56 Å². The molecule has 30 heavy (non-hydrogen) atoms. The Hall–Kier alpha value is -2.80. The summed E-state index contributed by atoms with van der Waals surface area (Å²) in [4.78, 5) is 15.9. The molecule has 1 fully saturated rings. The van der Waals surface area contributed by atoms with Crippen molar-refractivity contribution in [1.29, 1.82) is 5.26 Å². The molecule has 1 aromatic carbocycles. The number of anilines is 2. The van der Waals surface area contributed by atoms with Gasteiger partial charge in [0.15, 0.2) is 5.82 Å². The molecule has 1 aliphatic carbocycles. The normalized spacial score (nSPS) is 21.7. The second kappa shape index (κ2) is 6.87. The molecule has 2 aromatic heterocycles. The van der Waals surface area contributed by atoms with E-state index in [1.165, 1.54) is 0 Å². The molecule has 3 aromatic rings. The minimum absolute atomic E-state index is 0.0521. The van der Waals surface area contributed by atoms with Crippen LogP contribution in [-0.2, 0) is 6.42 Å². The third kappa shape index (κ3) is 2.99. The van der Waals surface area contributed by atoms with Crippen LogP contribution in [0.1, 0.15) is 37.8 Å². The molecule has 5 rings (SSSR count). The van der Waals surface area contributed by atoms with E-state index in [-0.39, 0.29) is 16.9 Å². The smallest absolute Gasteiger partial charge is 0.261 e. The number of aromatic nitrogens is 3. The van der Waals surface area contributed by atoms with E-state index in [0.29, 0.717) is 40.4 Å². The molecule has 1 unspecified atom stereocenters. The van der Waals surface area contributed by atoms with E-state index >= 15 is 0 Å². The Morgan fingerprint density at radius 3 is 2.93 bits per heavy atom. The van der Waals surface area contributed by atoms with Gasteiger partial charge in [0.05, 0.1) is 34.2 Å². The molecule has 0 amide bonds. The standard InChI is InChI=1S/C21H23N5O3S/c1-12-10-14-11-15(4-5-18(14)30(12,28)29)24-20-19-17(7-9-23-21(19)27)26(25-20)16(6-8-22)13-2-3-13/h4-5,7,9,11-13,16,28-29H,2-3,6,10H2,1H3,(H,23,27)(H,24,25)/t12?,16-/m0/s1. The summed E-state index contributed by atoms with van der Waals surface area (Å²) < 4.78 is 22.6. The van der Waals surface area contributed by atoms with Gasteiger partial charge in [-0.05, 0) is 61.9 Å². The number of hydrogen-bond donors (Lipinski definition) is 4. The number of hydrogen-bond acceptors (Lipinski definition) is 6. The van der Waals surface area contributed by atoms with Crippen LogP contribution >= 0.6 is 10.6 Å². The molecule has 9 heteroatoms. The predicted octanol–water partition coefficient (Wildman–Crippen LogP) is 4.39. The predicted molar refractivity (Wildman–Crippen MR) is 116 cm³/mol. The fourth-order valence-electron chi connectivity index (χ4n) is 4.36. The van der Waals surface area contributed by atoms with Crippen molar-refractivity contribution >= 4 is 33.0 Å². The zero-order valence-electron chi connectivity index (χ0n) is 16.5. The van der Waals surface area contributed by atoms with Gasteiger partial charge in [0, 0.05) is 11.9 Å². The number of fused-ring (bicyclic) bond motifs is 2. The monoisotopic (exact) mass is 425 g/mol. The number of H-pyrrole nitrogens is 1. The Bertz CT molecular complexity index is 1240. The number of pyridine rings is 1. The maximum atomic E-state index is 12.6. The van der Waals surface area contributed by atoms with Gasteiger partial charge in [0.1, 0.15) is 5.39 Å². The number of aromatic amines is 1. The summed E-state index contributed by atoms with van der Waals surface area (Å²) in [5.74, 6) is 0.847. The highest BCUT2D eigenvalue weighted by atomic mass is 32.3. The van der Waals surface area contributed by atoms with Crippen LogP contribution in [0.25, 0.3) is 10.9 Å². The van der Waals surface area contributed by atoms with Crippen molar-refractivity contribution in [1.82, 2.24) is 14.8 Å². The van der Waals surface area contributed by atoms with Gasteiger partial charge < -0.3 is 10.3 Å². The van der Waals surface area contributed by atoms with E-state index in [9.17, 15) is 19.2 Å². The van der Waals surface area contributed by atoms with Gasteiger partial charge in [-0.2, -0.15) is 21.0 Å². The van der Waals surface area contributed by atoms with Crippen LogP contribution in [0, 0.1) is 17.2 Å². The second-order valence-corrected chi connectivity index (χ2v) is 10.6. The zero-order chi connectivity index (χ0) is 21.0. The Morgan fingerprint density at radius 2 is 2.20 bits per heavy atom. The van der Waals surface area contributed by atoms with Crippen molar-refractivity contribution in [3.8, 4) is 6.07 Å². The van der Waals surface area contributed by atoms with Crippen molar-refractivity contribution < 1.29 is 9.11 Å². The van der Waals surface area contributed by atoms with Crippen molar-refractivity contribution in [2.75, 3.05) is 5.32 Å². The van der Waals surface area contributed by atoms with Crippen LogP contribution in [0.15, 0.2) is 40.2 Å². The van der Waals surface area contributed by atoms with E-state index in [2.05, 4.69) is 16.4 Å². The maximum Gasteiger partial charge on any atom is 0.261 e. The molecule has 2 atom stereocenters. The Kier molecular flexibility index (Phi) is 4.39. The molecule has 4 N–H and O–H groups in total. The van der Waals surface area contributed by atoms with Gasteiger partial charge in [-0.1, -0.05) is 0 Å². The van der Waals surface area contributed by atoms with Crippen LogP contribution < -0.4 is 10.9 Å². The average molecular weight is 426 g/mol. The SMILES string of the molecule is CC1Cc2cc(Nc3nn([C@@H](CC#N)C4CC4)c4cc[nH]c(=O)c34)ccc2S1(O)O. The van der Waals surface area contributed by atoms with Crippen molar-refractivity contribution in [2.45, 2.75) is 48.8 Å². The minimum Gasteiger partial charge on any atom is -0.338 e. The number of rotatable bonds is 5. The molecule has 8 nitrogen and oxygen atoms in total. The van der Waals surface area contributed by atoms with Crippen LogP contribution in [0.3, 0.4) is 0 Å². The third-order valence-electron chi connectivity index (χ3n) is 6.13. The van der Waals surface area contributed by atoms with Crippen molar-refractivity contribution in [2.24, 2.45) is 5.92 Å². The number of nitriles is 1. The molecular weight excluding hydrogens is 402 g/mol. The van der Waals surface area contributed by atoms with Crippen molar-refractivity contribution in [3.63, 3.8) is 0 Å². The molecule has 3 heterocycles. The van der Waals surface area contributed by atoms with Gasteiger partial charge >= 0.3 is 0 Å². The lowest BCUT2D eigenvalue weighted by Gasteiger charge is -2.32. The molecular formula is C21H23N5O3S. The first kappa shape index (κ1) is 19.2. The Labute approximate surface area is 174 Å². The molecule has 1 saturated carbocycles. The fourth-order valence-corrected chi connectivity index (χ4v) is 6.00. The molecule has 0 radical (unpaired) electrons. The van der Waals surface area contributed by atoms with Crippen LogP contribution in [-0.4, -0.2) is 29.1 Å². The van der Waals surface area contributed by atoms with E-state index < -0.39 is 10.6 Å². The van der Waals surface area contributed by atoms with Gasteiger partial charge in [-0.3, -0.25) is 18.6 Å². The summed E-state index contributed by atoms with van der Waals surface area (Å²) in [5, 5.41) is 17.5. The van der Waals surface area contributed by atoms with Crippen LogP contribution in [0.4, 0.5) is 11.5 Å². The first-order chi connectivity index (χ1) is 14.4. The summed E-state index contributed by atoms with van der Waals surface area (Å²) in [6.45, 7) is 1.84. The third-order valence-corrected chi connectivity index (χ3v) is 8.46. The highest BCUT2D eigenvalue weighted by molar-refractivity contribution is 8.25. The summed E-state index contributed by atoms with van der Waals surface area (Å²) >= 11 is 0. The molecule has 0 saturated heterocycles. The summed E-state index contributed by atoms with van der Waals surface area (Å²) in [6.07, 6.45) is 4.67. The lowest BCUT2D eigenvalue weighted by Crippen LogP contribution is -2.13. The quantitative estimate of drug-likeness (QED) is 0.480. The summed E-state index contributed by atoms with van der Waals surface area (Å²) in [5.41, 5.74) is 2.09. The summed E-state index contributed by atoms with van der Waals surface area (Å²) in [7, 11) is -2.76. The topological polar surface area (TPSA) is 127 Å². The lowest BCUT2D eigenvalue weighted by atomic mass is 10.1. The Balaban J connectivity index is 1.57. The van der Waals surface area contributed by atoms with Gasteiger partial charge in [-0.25, -0.2) is 0 Å². The lowest BCUT2D eigenvalue weighted by molar-refractivity contribution is 0.426. The highest BCUT2D eigenvalue weighted by Gasteiger charge is 2.35. The number of nitrogens with one attached hydrogen (secondary N) is 2. The van der Waals surface area contributed by atoms with E-state index in [0.717, 1.165) is 24.1 Å². The van der Waals surface area contributed by atoms with Crippen LogP contribution in [0.2, 0.25) is 0 Å². The minimum atomic E-state index is -2.76. The number of benzene rings is 1. The van der Waals surface area contributed by atoms with E-state index in [1.54, 1.807) is 18.3 Å². The van der Waals surface area contributed by atoms with E-state index in [1.807, 2.05) is 23.7 Å². The van der Waals surface area contributed by atoms with Gasteiger partial charge in [-0.15, -0.1) is 0 Å². The maximum absolute atomic E-state index is 12.6. The molecule has 1 aliphatic heterocycles. The summed E-state index contributed by atoms with van der Waals surface area (Å²) in [6, 6.07) is 9.43. The molecule has 156 valence electrons. The fraction of sp³-hybridized carbons (Fsp3) is 0.381. The molecule has 0 spiro atoms.